The van der Waals surface area contributed by atoms with E-state index in [0.29, 0.717) is 29.7 Å². The smallest absolute Gasteiger partial charge is 0.223 e. The zero-order valence-electron chi connectivity index (χ0n) is 14.2. The summed E-state index contributed by atoms with van der Waals surface area (Å²) in [5, 5.41) is 3.33. The van der Waals surface area contributed by atoms with Crippen molar-refractivity contribution in [2.24, 2.45) is 17.8 Å². The number of nitrogens with one attached hydrogen (secondary N) is 1. The van der Waals surface area contributed by atoms with E-state index in [1.54, 1.807) is 0 Å². The molecule has 0 unspecified atom stereocenters. The second kappa shape index (κ2) is 6.83. The highest BCUT2D eigenvalue weighted by Gasteiger charge is 2.46. The van der Waals surface area contributed by atoms with E-state index in [-0.39, 0.29) is 5.82 Å². The number of amides is 1. The van der Waals surface area contributed by atoms with Crippen LogP contribution in [-0.2, 0) is 11.2 Å². The number of nitrogens with zero attached hydrogens (tertiary/aromatic N) is 1. The second-order valence-electron chi connectivity index (χ2n) is 7.87. The van der Waals surface area contributed by atoms with Gasteiger partial charge in [-0.25, -0.2) is 4.39 Å². The molecule has 1 atom stereocenters. The van der Waals surface area contributed by atoms with E-state index in [0.717, 1.165) is 32.5 Å². The van der Waals surface area contributed by atoms with Crippen LogP contribution in [0.15, 0.2) is 24.3 Å². The predicted molar refractivity (Wildman–Crippen MR) is 92.0 cm³/mol. The molecule has 1 amide bonds. The number of hydrogen-bond acceptors (Lipinski definition) is 2. The fraction of sp³-hybridized carbons (Fsp3) is 0.650. The number of benzene rings is 1. The molecule has 1 N–H and O–H groups in total. The average molecular weight is 330 g/mol. The predicted octanol–water partition coefficient (Wildman–Crippen LogP) is 2.99. The molecule has 0 aromatic heterocycles. The molecule has 4 heteroatoms. The van der Waals surface area contributed by atoms with Crippen LogP contribution in [0.4, 0.5) is 4.39 Å². The summed E-state index contributed by atoms with van der Waals surface area (Å²) >= 11 is 0. The van der Waals surface area contributed by atoms with E-state index in [9.17, 15) is 9.18 Å². The van der Waals surface area contributed by atoms with Crippen molar-refractivity contribution in [3.05, 3.63) is 35.6 Å². The molecule has 3 fully saturated rings. The molecule has 1 saturated heterocycles. The van der Waals surface area contributed by atoms with Gasteiger partial charge in [0.05, 0.1) is 0 Å². The van der Waals surface area contributed by atoms with Crippen LogP contribution in [0.25, 0.3) is 0 Å². The van der Waals surface area contributed by atoms with Crippen LogP contribution in [0.1, 0.15) is 37.7 Å². The summed E-state index contributed by atoms with van der Waals surface area (Å²) < 4.78 is 12.9. The Morgan fingerprint density at radius 1 is 1.08 bits per heavy atom. The van der Waals surface area contributed by atoms with Gasteiger partial charge >= 0.3 is 0 Å². The van der Waals surface area contributed by atoms with E-state index in [2.05, 4.69) is 10.2 Å². The molecule has 3 aliphatic rings. The van der Waals surface area contributed by atoms with Crippen molar-refractivity contribution in [3.8, 4) is 0 Å². The third-order valence-corrected chi connectivity index (χ3v) is 6.38. The minimum absolute atomic E-state index is 0.177. The maximum Gasteiger partial charge on any atom is 0.223 e. The van der Waals surface area contributed by atoms with E-state index < -0.39 is 0 Å². The van der Waals surface area contributed by atoms with Crippen LogP contribution in [-0.4, -0.2) is 36.5 Å². The van der Waals surface area contributed by atoms with E-state index in [1.807, 2.05) is 12.1 Å². The molecule has 2 bridgehead atoms. The highest BCUT2D eigenvalue weighted by Crippen LogP contribution is 2.49. The third kappa shape index (κ3) is 3.34. The van der Waals surface area contributed by atoms with E-state index in [4.69, 9.17) is 0 Å². The molecule has 24 heavy (non-hydrogen) atoms. The normalized spacial score (nSPS) is 32.4. The number of carbonyl (C=O) groups is 1. The number of rotatable bonds is 5. The van der Waals surface area contributed by atoms with Gasteiger partial charge in [-0.1, -0.05) is 12.1 Å². The van der Waals surface area contributed by atoms with Crippen LogP contribution < -0.4 is 5.32 Å². The minimum Gasteiger partial charge on any atom is -0.352 e. The molecular weight excluding hydrogens is 303 g/mol. The first-order valence-electron chi connectivity index (χ1n) is 9.46. The number of carbonyl (C=O) groups excluding carboxylic acids is 1. The number of fused-ring (bicyclic) bond motifs is 2. The Balaban J connectivity index is 1.23. The summed E-state index contributed by atoms with van der Waals surface area (Å²) in [5.74, 6) is 1.77. The van der Waals surface area contributed by atoms with Crippen LogP contribution >= 0.6 is 0 Å². The van der Waals surface area contributed by atoms with Gasteiger partial charge < -0.3 is 10.2 Å². The molecule has 4 rings (SSSR count). The molecule has 2 aliphatic carbocycles. The highest BCUT2D eigenvalue weighted by molar-refractivity contribution is 5.80. The van der Waals surface area contributed by atoms with Gasteiger partial charge in [0.25, 0.3) is 0 Å². The standard InChI is InChI=1S/C20H27FN2O/c21-17-7-1-14(2-8-17)9-11-23-12-10-18(13-23)22-20(24)19-15-3-4-16(19)6-5-15/h1-2,7-8,15-16,18-19H,3-6,9-13H2,(H,22,24)/t15?,16?,18-,19?/m0/s1. The average Bonchev–Trinajstić information content (AvgIpc) is 3.30. The van der Waals surface area contributed by atoms with Crippen molar-refractivity contribution in [1.82, 2.24) is 10.2 Å². The molecule has 3 nitrogen and oxygen atoms in total. The lowest BCUT2D eigenvalue weighted by Crippen LogP contribution is -2.42. The SMILES string of the molecule is O=C(N[C@H]1CCN(CCc2ccc(F)cc2)C1)C1C2CCC1CC2. The van der Waals surface area contributed by atoms with Crippen LogP contribution in [0.2, 0.25) is 0 Å². The monoisotopic (exact) mass is 330 g/mol. The van der Waals surface area contributed by atoms with Gasteiger partial charge in [0.15, 0.2) is 0 Å². The lowest BCUT2D eigenvalue weighted by Gasteiger charge is -2.20. The van der Waals surface area contributed by atoms with Crippen molar-refractivity contribution in [2.75, 3.05) is 19.6 Å². The first-order valence-corrected chi connectivity index (χ1v) is 9.46. The van der Waals surface area contributed by atoms with Gasteiger partial charge in [-0.2, -0.15) is 0 Å². The minimum atomic E-state index is -0.177. The molecular formula is C20H27FN2O. The topological polar surface area (TPSA) is 32.3 Å². The lowest BCUT2D eigenvalue weighted by molar-refractivity contribution is -0.127. The molecule has 0 spiro atoms. The summed E-state index contributed by atoms with van der Waals surface area (Å²) in [6.45, 7) is 2.98. The second-order valence-corrected chi connectivity index (χ2v) is 7.87. The highest BCUT2D eigenvalue weighted by atomic mass is 19.1. The summed E-state index contributed by atoms with van der Waals surface area (Å²) in [4.78, 5) is 15.0. The molecule has 1 heterocycles. The maximum atomic E-state index is 12.9. The number of halogens is 1. The van der Waals surface area contributed by atoms with E-state index in [1.165, 1.54) is 43.4 Å². The van der Waals surface area contributed by atoms with E-state index >= 15 is 0 Å². The lowest BCUT2D eigenvalue weighted by atomic mass is 9.96. The molecule has 130 valence electrons. The summed E-state index contributed by atoms with van der Waals surface area (Å²) in [7, 11) is 0. The number of likely N-dealkylation sites (tertiary alicyclic amines) is 1. The van der Waals surface area contributed by atoms with Crippen LogP contribution in [0.5, 0.6) is 0 Å². The fourth-order valence-corrected chi connectivity index (χ4v) is 5.07. The Kier molecular flexibility index (Phi) is 4.57. The van der Waals surface area contributed by atoms with Gasteiger partial charge in [-0.05, 0) is 68.1 Å². The quantitative estimate of drug-likeness (QED) is 0.900. The van der Waals surface area contributed by atoms with Crippen LogP contribution in [0.3, 0.4) is 0 Å². The molecule has 0 radical (unpaired) electrons. The maximum absolute atomic E-state index is 12.9. The van der Waals surface area contributed by atoms with Crippen molar-refractivity contribution >= 4 is 5.91 Å². The summed E-state index contributed by atoms with van der Waals surface area (Å²) in [6, 6.07) is 7.09. The summed E-state index contributed by atoms with van der Waals surface area (Å²) in [5.41, 5.74) is 1.17. The fourth-order valence-electron chi connectivity index (χ4n) is 5.07. The van der Waals surface area contributed by atoms with Gasteiger partial charge in [-0.3, -0.25) is 4.79 Å². The first-order chi connectivity index (χ1) is 11.7. The molecule has 1 aromatic carbocycles. The van der Waals surface area contributed by atoms with Gasteiger partial charge in [0, 0.05) is 31.6 Å². The Hall–Kier alpha value is -1.42. The van der Waals surface area contributed by atoms with Crippen LogP contribution in [0, 0.1) is 23.6 Å². The van der Waals surface area contributed by atoms with Gasteiger partial charge in [-0.15, -0.1) is 0 Å². The molecule has 1 aromatic rings. The van der Waals surface area contributed by atoms with Gasteiger partial charge in [0.2, 0.25) is 5.91 Å². The van der Waals surface area contributed by atoms with Gasteiger partial charge in [0.1, 0.15) is 5.82 Å². The van der Waals surface area contributed by atoms with Crippen molar-refractivity contribution in [2.45, 2.75) is 44.6 Å². The Bertz CT molecular complexity index is 568. The Morgan fingerprint density at radius 2 is 1.75 bits per heavy atom. The Morgan fingerprint density at radius 3 is 2.42 bits per heavy atom. The third-order valence-electron chi connectivity index (χ3n) is 6.38. The first kappa shape index (κ1) is 16.1. The van der Waals surface area contributed by atoms with Crippen molar-refractivity contribution in [1.29, 1.82) is 0 Å². The van der Waals surface area contributed by atoms with Crippen molar-refractivity contribution in [3.63, 3.8) is 0 Å². The molecule has 1 aliphatic heterocycles. The van der Waals surface area contributed by atoms with Crippen molar-refractivity contribution < 1.29 is 9.18 Å². The zero-order chi connectivity index (χ0) is 16.5. The largest absolute Gasteiger partial charge is 0.352 e. The zero-order valence-corrected chi connectivity index (χ0v) is 14.2. The number of hydrogen-bond donors (Lipinski definition) is 1. The Labute approximate surface area is 143 Å². The summed E-state index contributed by atoms with van der Waals surface area (Å²) in [6.07, 6.45) is 7.04. The molecule has 2 saturated carbocycles.